The van der Waals surface area contributed by atoms with Crippen molar-refractivity contribution in [1.29, 1.82) is 0 Å². The molecule has 0 unspecified atom stereocenters. The molecule has 0 radical (unpaired) electrons. The lowest BCUT2D eigenvalue weighted by Crippen LogP contribution is -2.33. The molecule has 3 N–H and O–H groups in total. The van der Waals surface area contributed by atoms with E-state index in [1.165, 1.54) is 12.1 Å². The zero-order valence-electron chi connectivity index (χ0n) is 10.5. The normalized spacial score (nSPS) is 18.9. The number of rotatable bonds is 6. The minimum Gasteiger partial charge on any atom is -0.428 e. The van der Waals surface area contributed by atoms with Crippen molar-refractivity contribution >= 4 is 0 Å². The average molecular weight is 293 g/mol. The molecular weight excluding hydrogens is 278 g/mol. The number of aliphatic hydroxyl groups excluding tert-OH is 1. The smallest absolute Gasteiger partial charge is 0.428 e. The van der Waals surface area contributed by atoms with Gasteiger partial charge in [0.1, 0.15) is 5.75 Å². The summed E-state index contributed by atoms with van der Waals surface area (Å²) in [5, 5.41) is 9.89. The molecule has 1 saturated carbocycles. The second kappa shape index (κ2) is 5.57. The van der Waals surface area contributed by atoms with Gasteiger partial charge in [-0.15, -0.1) is 0 Å². The van der Waals surface area contributed by atoms with Crippen molar-refractivity contribution in [2.75, 3.05) is 0 Å². The number of hydrogen-bond donors (Lipinski definition) is 2. The first-order chi connectivity index (χ1) is 9.31. The van der Waals surface area contributed by atoms with Crippen LogP contribution in [0.25, 0.3) is 0 Å². The molecule has 2 atom stereocenters. The van der Waals surface area contributed by atoms with Gasteiger partial charge in [0.2, 0.25) is 0 Å². The first-order valence-electron chi connectivity index (χ1n) is 6.20. The Kier molecular flexibility index (Phi) is 4.19. The third-order valence-corrected chi connectivity index (χ3v) is 3.22. The number of hydrogen-bond acceptors (Lipinski definition) is 3. The van der Waals surface area contributed by atoms with Gasteiger partial charge in [-0.3, -0.25) is 0 Å². The number of aliphatic hydroxyl groups is 1. The highest BCUT2D eigenvalue weighted by molar-refractivity contribution is 5.31. The van der Waals surface area contributed by atoms with E-state index >= 15 is 0 Å². The molecule has 1 aliphatic carbocycles. The van der Waals surface area contributed by atoms with Crippen LogP contribution >= 0.6 is 0 Å². The highest BCUT2D eigenvalue weighted by Gasteiger charge is 2.44. The maximum atomic E-state index is 12.8. The molecule has 0 aromatic heterocycles. The van der Waals surface area contributed by atoms with E-state index in [0.29, 0.717) is 5.56 Å². The van der Waals surface area contributed by atoms with Gasteiger partial charge in [-0.2, -0.15) is 17.6 Å². The standard InChI is InChI=1S/C13H15F4NO2/c14-12(15)13(16,17)20-9-3-1-2-8(6-9)10(18)11(19)7-4-5-7/h1-3,6-7,10-12,19H,4-5,18H2/t10-,11+/m1/s1. The number of benzene rings is 1. The van der Waals surface area contributed by atoms with E-state index in [1.54, 1.807) is 0 Å². The number of alkyl halides is 4. The van der Waals surface area contributed by atoms with Crippen molar-refractivity contribution in [2.24, 2.45) is 11.7 Å². The predicted octanol–water partition coefficient (Wildman–Crippen LogP) is 2.69. The summed E-state index contributed by atoms with van der Waals surface area (Å²) in [6.07, 6.45) is -7.52. The van der Waals surface area contributed by atoms with Crippen LogP contribution in [0, 0.1) is 5.92 Å². The molecule has 1 aromatic carbocycles. The summed E-state index contributed by atoms with van der Waals surface area (Å²) in [6, 6.07) is 4.42. The Balaban J connectivity index is 2.11. The zero-order chi connectivity index (χ0) is 14.9. The van der Waals surface area contributed by atoms with Gasteiger partial charge in [0.15, 0.2) is 0 Å². The van der Waals surface area contributed by atoms with Crippen molar-refractivity contribution in [2.45, 2.75) is 37.5 Å². The van der Waals surface area contributed by atoms with Gasteiger partial charge in [-0.25, -0.2) is 0 Å². The van der Waals surface area contributed by atoms with Crippen LogP contribution in [0.1, 0.15) is 24.4 Å². The molecule has 1 aliphatic rings. The van der Waals surface area contributed by atoms with Gasteiger partial charge in [0.25, 0.3) is 0 Å². The van der Waals surface area contributed by atoms with Crippen LogP contribution in [0.2, 0.25) is 0 Å². The molecule has 3 nitrogen and oxygen atoms in total. The second-order valence-electron chi connectivity index (χ2n) is 4.89. The molecule has 1 aromatic rings. The Morgan fingerprint density at radius 1 is 1.30 bits per heavy atom. The predicted molar refractivity (Wildman–Crippen MR) is 63.7 cm³/mol. The van der Waals surface area contributed by atoms with E-state index in [-0.39, 0.29) is 5.92 Å². The van der Waals surface area contributed by atoms with Crippen LogP contribution in [0.3, 0.4) is 0 Å². The molecular formula is C13H15F4NO2. The molecule has 7 heteroatoms. The minimum atomic E-state index is -4.56. The topological polar surface area (TPSA) is 55.5 Å². The third kappa shape index (κ3) is 3.40. The van der Waals surface area contributed by atoms with Crippen LogP contribution in [0.5, 0.6) is 5.75 Å². The summed E-state index contributed by atoms with van der Waals surface area (Å²) < 4.78 is 53.7. The SMILES string of the molecule is N[C@H](c1cccc(OC(F)(F)C(F)F)c1)[C@@H](O)C1CC1. The largest absolute Gasteiger partial charge is 0.461 e. The van der Waals surface area contributed by atoms with Gasteiger partial charge in [0.05, 0.1) is 12.1 Å². The fraction of sp³-hybridized carbons (Fsp3) is 0.538. The first kappa shape index (κ1) is 15.1. The monoisotopic (exact) mass is 293 g/mol. The molecule has 0 spiro atoms. The molecule has 0 aliphatic heterocycles. The minimum absolute atomic E-state index is 0.108. The van der Waals surface area contributed by atoms with Gasteiger partial charge in [-0.1, -0.05) is 12.1 Å². The van der Waals surface area contributed by atoms with Crippen LogP contribution in [-0.4, -0.2) is 23.7 Å². The molecule has 112 valence electrons. The summed E-state index contributed by atoms with van der Waals surface area (Å²) in [5.41, 5.74) is 6.20. The Labute approximate surface area is 113 Å². The highest BCUT2D eigenvalue weighted by Crippen LogP contribution is 2.38. The third-order valence-electron chi connectivity index (χ3n) is 3.22. The summed E-state index contributed by atoms with van der Waals surface area (Å²) in [6.45, 7) is 0. The van der Waals surface area contributed by atoms with E-state index < -0.39 is 30.4 Å². The number of nitrogens with two attached hydrogens (primary N) is 1. The number of ether oxygens (including phenoxy) is 1. The fourth-order valence-electron chi connectivity index (χ4n) is 1.92. The molecule has 0 bridgehead atoms. The lowest BCUT2D eigenvalue weighted by atomic mass is 9.99. The summed E-state index contributed by atoms with van der Waals surface area (Å²) in [5.74, 6) is -0.302. The van der Waals surface area contributed by atoms with Gasteiger partial charge in [-0.05, 0) is 36.5 Å². The summed E-state index contributed by atoms with van der Waals surface area (Å²) in [7, 11) is 0. The molecule has 0 saturated heterocycles. The Hall–Kier alpha value is -1.34. The van der Waals surface area contributed by atoms with E-state index in [4.69, 9.17) is 5.73 Å². The summed E-state index contributed by atoms with van der Waals surface area (Å²) in [4.78, 5) is 0. The highest BCUT2D eigenvalue weighted by atomic mass is 19.3. The molecule has 0 heterocycles. The van der Waals surface area contributed by atoms with E-state index in [9.17, 15) is 22.7 Å². The van der Waals surface area contributed by atoms with Crippen molar-refractivity contribution < 1.29 is 27.4 Å². The quantitative estimate of drug-likeness (QED) is 0.793. The Morgan fingerprint density at radius 3 is 2.50 bits per heavy atom. The van der Waals surface area contributed by atoms with E-state index in [2.05, 4.69) is 4.74 Å². The van der Waals surface area contributed by atoms with Crippen LogP contribution in [0.15, 0.2) is 24.3 Å². The second-order valence-corrected chi connectivity index (χ2v) is 4.89. The average Bonchev–Trinajstić information content (AvgIpc) is 3.21. The van der Waals surface area contributed by atoms with Crippen molar-refractivity contribution in [3.63, 3.8) is 0 Å². The summed E-state index contributed by atoms with van der Waals surface area (Å²) >= 11 is 0. The van der Waals surface area contributed by atoms with Crippen molar-refractivity contribution in [3.05, 3.63) is 29.8 Å². The van der Waals surface area contributed by atoms with Crippen LogP contribution in [0.4, 0.5) is 17.6 Å². The molecule has 20 heavy (non-hydrogen) atoms. The maximum Gasteiger partial charge on any atom is 0.461 e. The zero-order valence-corrected chi connectivity index (χ0v) is 10.5. The lowest BCUT2D eigenvalue weighted by Gasteiger charge is -2.21. The fourth-order valence-corrected chi connectivity index (χ4v) is 1.92. The Bertz CT molecular complexity index is 465. The van der Waals surface area contributed by atoms with Gasteiger partial charge < -0.3 is 15.6 Å². The van der Waals surface area contributed by atoms with Gasteiger partial charge >= 0.3 is 12.5 Å². The molecule has 2 rings (SSSR count). The van der Waals surface area contributed by atoms with E-state index in [1.807, 2.05) is 0 Å². The van der Waals surface area contributed by atoms with Crippen LogP contribution in [-0.2, 0) is 0 Å². The first-order valence-corrected chi connectivity index (χ1v) is 6.20. The van der Waals surface area contributed by atoms with Gasteiger partial charge in [0, 0.05) is 0 Å². The number of halogens is 4. The van der Waals surface area contributed by atoms with Crippen molar-refractivity contribution in [3.8, 4) is 5.75 Å². The Morgan fingerprint density at radius 2 is 1.95 bits per heavy atom. The van der Waals surface area contributed by atoms with E-state index in [0.717, 1.165) is 25.0 Å². The lowest BCUT2D eigenvalue weighted by molar-refractivity contribution is -0.253. The molecule has 1 fully saturated rings. The van der Waals surface area contributed by atoms with Crippen LogP contribution < -0.4 is 10.5 Å². The maximum absolute atomic E-state index is 12.8. The van der Waals surface area contributed by atoms with Crippen molar-refractivity contribution in [1.82, 2.24) is 0 Å². The molecule has 0 amide bonds.